The molecule has 0 bridgehead atoms. The maximum Gasteiger partial charge on any atom is 0.194 e. The average molecular weight is 226 g/mol. The van der Waals surface area contributed by atoms with Crippen LogP contribution < -0.4 is 0 Å². The standard InChI is InChI=1S/C11H15FN2O2/c1-3-15-6-5-10(16-4-2)11-13-7-9(12)8-14-11/h5,7-8H,3-4,6H2,1-2H3/b10-5-. The molecule has 1 aromatic rings. The molecule has 1 rings (SSSR count). The molecule has 0 saturated carbocycles. The van der Waals surface area contributed by atoms with E-state index in [0.717, 1.165) is 12.4 Å². The van der Waals surface area contributed by atoms with E-state index >= 15 is 0 Å². The van der Waals surface area contributed by atoms with Gasteiger partial charge in [-0.3, -0.25) is 0 Å². The number of aromatic nitrogens is 2. The van der Waals surface area contributed by atoms with Crippen LogP contribution in [0.25, 0.3) is 5.76 Å². The van der Waals surface area contributed by atoms with Crippen molar-refractivity contribution in [3.63, 3.8) is 0 Å². The summed E-state index contributed by atoms with van der Waals surface area (Å²) in [7, 11) is 0. The molecule has 0 unspecified atom stereocenters. The lowest BCUT2D eigenvalue weighted by molar-refractivity contribution is 0.175. The van der Waals surface area contributed by atoms with E-state index in [1.165, 1.54) is 0 Å². The first-order valence-electron chi connectivity index (χ1n) is 5.16. The van der Waals surface area contributed by atoms with Crippen molar-refractivity contribution in [2.24, 2.45) is 0 Å². The summed E-state index contributed by atoms with van der Waals surface area (Å²) in [5.74, 6) is 0.406. The molecular formula is C11H15FN2O2. The largest absolute Gasteiger partial charge is 0.490 e. The monoisotopic (exact) mass is 226 g/mol. The van der Waals surface area contributed by atoms with Crippen LogP contribution in [0, 0.1) is 5.82 Å². The molecule has 0 aliphatic rings. The lowest BCUT2D eigenvalue weighted by atomic mass is 10.4. The van der Waals surface area contributed by atoms with Crippen molar-refractivity contribution in [3.05, 3.63) is 30.1 Å². The van der Waals surface area contributed by atoms with Crippen LogP contribution in [-0.4, -0.2) is 29.8 Å². The van der Waals surface area contributed by atoms with Crippen LogP contribution in [0.4, 0.5) is 4.39 Å². The van der Waals surface area contributed by atoms with E-state index in [-0.39, 0.29) is 0 Å². The minimum Gasteiger partial charge on any atom is -0.490 e. The van der Waals surface area contributed by atoms with Crippen LogP contribution in [0.2, 0.25) is 0 Å². The molecule has 0 saturated heterocycles. The molecule has 0 aliphatic carbocycles. The van der Waals surface area contributed by atoms with E-state index in [2.05, 4.69) is 9.97 Å². The summed E-state index contributed by atoms with van der Waals surface area (Å²) in [6, 6.07) is 0. The number of hydrogen-bond acceptors (Lipinski definition) is 4. The van der Waals surface area contributed by atoms with E-state index in [9.17, 15) is 4.39 Å². The lowest BCUT2D eigenvalue weighted by Crippen LogP contribution is -2.01. The molecular weight excluding hydrogens is 211 g/mol. The summed E-state index contributed by atoms with van der Waals surface area (Å²) in [6.07, 6.45) is 3.95. The van der Waals surface area contributed by atoms with Crippen molar-refractivity contribution in [2.75, 3.05) is 19.8 Å². The molecule has 0 radical (unpaired) electrons. The van der Waals surface area contributed by atoms with E-state index in [1.54, 1.807) is 6.08 Å². The van der Waals surface area contributed by atoms with Crippen LogP contribution in [0.15, 0.2) is 18.5 Å². The second-order valence-corrected chi connectivity index (χ2v) is 2.89. The molecule has 0 spiro atoms. The van der Waals surface area contributed by atoms with Gasteiger partial charge in [0.15, 0.2) is 17.4 Å². The van der Waals surface area contributed by atoms with Crippen LogP contribution in [0.5, 0.6) is 0 Å². The molecule has 0 aliphatic heterocycles. The Morgan fingerprint density at radius 2 is 2.00 bits per heavy atom. The molecule has 0 aromatic carbocycles. The van der Waals surface area contributed by atoms with E-state index in [0.29, 0.717) is 31.4 Å². The van der Waals surface area contributed by atoms with Gasteiger partial charge in [-0.2, -0.15) is 0 Å². The van der Waals surface area contributed by atoms with Gasteiger partial charge >= 0.3 is 0 Å². The van der Waals surface area contributed by atoms with Crippen LogP contribution in [-0.2, 0) is 9.47 Å². The van der Waals surface area contributed by atoms with Crippen LogP contribution >= 0.6 is 0 Å². The summed E-state index contributed by atoms with van der Waals surface area (Å²) in [6.45, 7) is 5.31. The van der Waals surface area contributed by atoms with E-state index in [1.807, 2.05) is 13.8 Å². The number of rotatable bonds is 6. The quantitative estimate of drug-likeness (QED) is 0.550. The third-order valence-corrected chi connectivity index (χ3v) is 1.73. The minimum absolute atomic E-state index is 0.364. The first-order chi connectivity index (χ1) is 7.77. The molecule has 1 heterocycles. The number of ether oxygens (including phenoxy) is 2. The average Bonchev–Trinajstić information content (AvgIpc) is 2.29. The van der Waals surface area contributed by atoms with Crippen molar-refractivity contribution < 1.29 is 13.9 Å². The number of hydrogen-bond donors (Lipinski definition) is 0. The van der Waals surface area contributed by atoms with Crippen molar-refractivity contribution in [1.29, 1.82) is 0 Å². The summed E-state index contributed by atoms with van der Waals surface area (Å²) < 4.78 is 23.2. The van der Waals surface area contributed by atoms with Gasteiger partial charge in [0.1, 0.15) is 0 Å². The summed E-state index contributed by atoms with van der Waals surface area (Å²) in [4.78, 5) is 7.68. The zero-order valence-corrected chi connectivity index (χ0v) is 9.44. The van der Waals surface area contributed by atoms with E-state index in [4.69, 9.17) is 9.47 Å². The number of halogens is 1. The molecule has 88 valence electrons. The highest BCUT2D eigenvalue weighted by molar-refractivity contribution is 5.52. The van der Waals surface area contributed by atoms with Crippen LogP contribution in [0.1, 0.15) is 19.7 Å². The fraction of sp³-hybridized carbons (Fsp3) is 0.455. The van der Waals surface area contributed by atoms with Crippen molar-refractivity contribution in [1.82, 2.24) is 9.97 Å². The molecule has 1 aromatic heterocycles. The zero-order valence-electron chi connectivity index (χ0n) is 9.44. The predicted octanol–water partition coefficient (Wildman–Crippen LogP) is 2.03. The Morgan fingerprint density at radius 1 is 1.31 bits per heavy atom. The van der Waals surface area contributed by atoms with E-state index < -0.39 is 5.82 Å². The summed E-state index contributed by atoms with van der Waals surface area (Å²) in [5.41, 5.74) is 0. The Balaban J connectivity index is 2.76. The SMILES string of the molecule is CCOC/C=C(\OCC)c1ncc(F)cn1. The third kappa shape index (κ3) is 3.94. The van der Waals surface area contributed by atoms with Gasteiger partial charge in [0, 0.05) is 6.61 Å². The highest BCUT2D eigenvalue weighted by Crippen LogP contribution is 2.10. The van der Waals surface area contributed by atoms with Crippen molar-refractivity contribution in [2.45, 2.75) is 13.8 Å². The Morgan fingerprint density at radius 3 is 2.56 bits per heavy atom. The van der Waals surface area contributed by atoms with Gasteiger partial charge < -0.3 is 9.47 Å². The fourth-order valence-electron chi connectivity index (χ4n) is 1.06. The first-order valence-corrected chi connectivity index (χ1v) is 5.16. The Bertz CT molecular complexity index is 338. The Kier molecular flexibility index (Phi) is 5.42. The minimum atomic E-state index is -0.468. The zero-order chi connectivity index (χ0) is 11.8. The highest BCUT2D eigenvalue weighted by Gasteiger charge is 2.05. The number of nitrogens with zero attached hydrogens (tertiary/aromatic N) is 2. The topological polar surface area (TPSA) is 44.2 Å². The molecule has 0 fully saturated rings. The highest BCUT2D eigenvalue weighted by atomic mass is 19.1. The Labute approximate surface area is 94.1 Å². The van der Waals surface area contributed by atoms with Gasteiger partial charge in [0.05, 0.1) is 25.6 Å². The summed E-state index contributed by atoms with van der Waals surface area (Å²) >= 11 is 0. The molecule has 0 atom stereocenters. The molecule has 0 N–H and O–H groups in total. The van der Waals surface area contributed by atoms with Gasteiger partial charge in [-0.15, -0.1) is 0 Å². The van der Waals surface area contributed by atoms with Gasteiger partial charge in [-0.1, -0.05) is 0 Å². The van der Waals surface area contributed by atoms with Crippen molar-refractivity contribution in [3.8, 4) is 0 Å². The van der Waals surface area contributed by atoms with Crippen molar-refractivity contribution >= 4 is 5.76 Å². The predicted molar refractivity (Wildman–Crippen MR) is 58.1 cm³/mol. The fourth-order valence-corrected chi connectivity index (χ4v) is 1.06. The maximum absolute atomic E-state index is 12.6. The third-order valence-electron chi connectivity index (χ3n) is 1.73. The Hall–Kier alpha value is -1.49. The van der Waals surface area contributed by atoms with Crippen LogP contribution in [0.3, 0.4) is 0 Å². The second kappa shape index (κ2) is 6.90. The summed E-state index contributed by atoms with van der Waals surface area (Å²) in [5, 5.41) is 0. The normalized spacial score (nSPS) is 11.6. The molecule has 4 nitrogen and oxygen atoms in total. The molecule has 0 amide bonds. The molecule has 5 heteroatoms. The molecule has 16 heavy (non-hydrogen) atoms. The second-order valence-electron chi connectivity index (χ2n) is 2.89. The van der Waals surface area contributed by atoms with Gasteiger partial charge in [-0.25, -0.2) is 14.4 Å². The maximum atomic E-state index is 12.6. The van der Waals surface area contributed by atoms with Gasteiger partial charge in [0.25, 0.3) is 0 Å². The van der Waals surface area contributed by atoms with Gasteiger partial charge in [0.2, 0.25) is 0 Å². The first kappa shape index (κ1) is 12.6. The smallest absolute Gasteiger partial charge is 0.194 e. The van der Waals surface area contributed by atoms with Gasteiger partial charge in [-0.05, 0) is 19.9 Å². The lowest BCUT2D eigenvalue weighted by Gasteiger charge is -2.06.